The Labute approximate surface area is 105 Å². The van der Waals surface area contributed by atoms with E-state index in [0.29, 0.717) is 11.7 Å². The van der Waals surface area contributed by atoms with E-state index < -0.39 is 0 Å². The summed E-state index contributed by atoms with van der Waals surface area (Å²) in [5, 5.41) is 0. The molecule has 0 aromatic rings. The third-order valence-corrected chi connectivity index (χ3v) is 4.64. The van der Waals surface area contributed by atoms with Crippen molar-refractivity contribution >= 4 is 5.78 Å². The molecule has 96 valence electrons. The van der Waals surface area contributed by atoms with Gasteiger partial charge < -0.3 is 0 Å². The summed E-state index contributed by atoms with van der Waals surface area (Å²) in [7, 11) is 0. The molecule has 0 bridgehead atoms. The van der Waals surface area contributed by atoms with Gasteiger partial charge in [-0.25, -0.2) is 0 Å². The Kier molecular flexibility index (Phi) is 3.51. The van der Waals surface area contributed by atoms with E-state index in [-0.39, 0.29) is 0 Å². The predicted octanol–water partition coefficient (Wildman–Crippen LogP) is 3.01. The van der Waals surface area contributed by atoms with Gasteiger partial charge in [0.25, 0.3) is 0 Å². The lowest BCUT2D eigenvalue weighted by Crippen LogP contribution is -2.36. The molecule has 3 rings (SSSR count). The molecule has 0 aromatic heterocycles. The van der Waals surface area contributed by atoms with Crippen LogP contribution in [0.4, 0.5) is 0 Å². The highest BCUT2D eigenvalue weighted by molar-refractivity contribution is 5.81. The Bertz CT molecular complexity index is 281. The Morgan fingerprint density at radius 2 is 1.76 bits per heavy atom. The summed E-state index contributed by atoms with van der Waals surface area (Å²) in [6.45, 7) is 2.37. The van der Waals surface area contributed by atoms with Gasteiger partial charge in [0.1, 0.15) is 5.78 Å². The molecule has 0 aromatic carbocycles. The summed E-state index contributed by atoms with van der Waals surface area (Å²) in [6.07, 6.45) is 11.3. The summed E-state index contributed by atoms with van der Waals surface area (Å²) in [5.41, 5.74) is 0. The molecule has 1 unspecified atom stereocenters. The van der Waals surface area contributed by atoms with E-state index in [9.17, 15) is 4.79 Å². The van der Waals surface area contributed by atoms with Crippen LogP contribution in [0.5, 0.6) is 0 Å². The zero-order chi connectivity index (χ0) is 11.7. The molecule has 2 nitrogen and oxygen atoms in total. The molecule has 0 aliphatic heterocycles. The number of hydrogen-bond donors (Lipinski definition) is 0. The van der Waals surface area contributed by atoms with E-state index in [1.54, 1.807) is 0 Å². The highest BCUT2D eigenvalue weighted by Gasteiger charge is 2.35. The standard InChI is InChI=1S/C15H25NO/c17-15-5-3-1-2-4-13(15)11-16(14-8-9-14)10-12-6-7-12/h12-14H,1-11H2. The molecular weight excluding hydrogens is 210 g/mol. The van der Waals surface area contributed by atoms with E-state index in [1.807, 2.05) is 0 Å². The molecule has 1 atom stereocenters. The average molecular weight is 235 g/mol. The first-order chi connectivity index (χ1) is 8.33. The van der Waals surface area contributed by atoms with Gasteiger partial charge in [-0.1, -0.05) is 12.8 Å². The lowest BCUT2D eigenvalue weighted by Gasteiger charge is -2.26. The number of nitrogens with zero attached hydrogens (tertiary/aromatic N) is 1. The number of carbonyl (C=O) groups excluding carboxylic acids is 1. The molecule has 3 saturated carbocycles. The van der Waals surface area contributed by atoms with Crippen LogP contribution in [0.25, 0.3) is 0 Å². The lowest BCUT2D eigenvalue weighted by molar-refractivity contribution is -0.123. The van der Waals surface area contributed by atoms with Gasteiger partial charge in [0.2, 0.25) is 0 Å². The van der Waals surface area contributed by atoms with Crippen LogP contribution < -0.4 is 0 Å². The summed E-state index contributed by atoms with van der Waals surface area (Å²) < 4.78 is 0. The number of rotatable bonds is 5. The van der Waals surface area contributed by atoms with Gasteiger partial charge in [-0.2, -0.15) is 0 Å². The first-order valence-corrected chi connectivity index (χ1v) is 7.59. The van der Waals surface area contributed by atoms with Crippen molar-refractivity contribution < 1.29 is 4.79 Å². The van der Waals surface area contributed by atoms with Gasteiger partial charge in [-0.15, -0.1) is 0 Å². The second-order valence-electron chi connectivity index (χ2n) is 6.39. The largest absolute Gasteiger partial charge is 0.299 e. The van der Waals surface area contributed by atoms with Crippen molar-refractivity contribution in [3.63, 3.8) is 0 Å². The molecule has 17 heavy (non-hydrogen) atoms. The van der Waals surface area contributed by atoms with E-state index in [1.165, 1.54) is 45.1 Å². The molecule has 0 radical (unpaired) electrons. The molecular formula is C15H25NO. The van der Waals surface area contributed by atoms with E-state index in [2.05, 4.69) is 4.90 Å². The molecule has 0 spiro atoms. The summed E-state index contributed by atoms with van der Waals surface area (Å²) >= 11 is 0. The second-order valence-corrected chi connectivity index (χ2v) is 6.39. The summed E-state index contributed by atoms with van der Waals surface area (Å²) in [5.74, 6) is 1.90. The molecule has 3 aliphatic rings. The Morgan fingerprint density at radius 3 is 2.47 bits per heavy atom. The van der Waals surface area contributed by atoms with Crippen molar-refractivity contribution in [2.75, 3.05) is 13.1 Å². The van der Waals surface area contributed by atoms with Crippen molar-refractivity contribution in [3.8, 4) is 0 Å². The minimum absolute atomic E-state index is 0.372. The number of hydrogen-bond acceptors (Lipinski definition) is 2. The fourth-order valence-electron chi connectivity index (χ4n) is 3.15. The quantitative estimate of drug-likeness (QED) is 0.683. The Morgan fingerprint density at radius 1 is 0.941 bits per heavy atom. The zero-order valence-electron chi connectivity index (χ0n) is 10.9. The zero-order valence-corrected chi connectivity index (χ0v) is 10.9. The van der Waals surface area contributed by atoms with Gasteiger partial charge in [0.15, 0.2) is 0 Å². The number of ketones is 1. The first-order valence-electron chi connectivity index (χ1n) is 7.59. The van der Waals surface area contributed by atoms with Crippen molar-refractivity contribution in [1.29, 1.82) is 0 Å². The maximum Gasteiger partial charge on any atom is 0.137 e. The molecule has 2 heteroatoms. The fourth-order valence-corrected chi connectivity index (χ4v) is 3.15. The van der Waals surface area contributed by atoms with Crippen LogP contribution >= 0.6 is 0 Å². The van der Waals surface area contributed by atoms with Crippen molar-refractivity contribution in [2.24, 2.45) is 11.8 Å². The van der Waals surface area contributed by atoms with Crippen LogP contribution in [0.15, 0.2) is 0 Å². The van der Waals surface area contributed by atoms with Crippen LogP contribution in [-0.4, -0.2) is 29.8 Å². The molecule has 3 aliphatic carbocycles. The first kappa shape index (κ1) is 11.7. The minimum atomic E-state index is 0.372. The molecule has 0 saturated heterocycles. The normalized spacial score (nSPS) is 30.6. The van der Waals surface area contributed by atoms with Crippen LogP contribution in [0.3, 0.4) is 0 Å². The average Bonchev–Trinajstić information content (AvgIpc) is 3.17. The molecule has 0 amide bonds. The van der Waals surface area contributed by atoms with Crippen molar-refractivity contribution in [2.45, 2.75) is 63.8 Å². The fraction of sp³-hybridized carbons (Fsp3) is 0.933. The van der Waals surface area contributed by atoms with Gasteiger partial charge in [-0.05, 0) is 44.4 Å². The van der Waals surface area contributed by atoms with Crippen LogP contribution in [0.2, 0.25) is 0 Å². The van der Waals surface area contributed by atoms with Gasteiger partial charge in [-0.3, -0.25) is 9.69 Å². The smallest absolute Gasteiger partial charge is 0.137 e. The van der Waals surface area contributed by atoms with Crippen molar-refractivity contribution in [1.82, 2.24) is 4.90 Å². The Balaban J connectivity index is 1.55. The van der Waals surface area contributed by atoms with Gasteiger partial charge in [0.05, 0.1) is 0 Å². The SMILES string of the molecule is O=C1CCCCCC1CN(CC1CC1)C1CC1. The third-order valence-electron chi connectivity index (χ3n) is 4.64. The second kappa shape index (κ2) is 5.09. The van der Waals surface area contributed by atoms with E-state index in [0.717, 1.165) is 37.8 Å². The lowest BCUT2D eigenvalue weighted by atomic mass is 9.98. The van der Waals surface area contributed by atoms with Crippen LogP contribution in [0.1, 0.15) is 57.8 Å². The Hall–Kier alpha value is -0.370. The van der Waals surface area contributed by atoms with Crippen LogP contribution in [0, 0.1) is 11.8 Å². The third kappa shape index (κ3) is 3.31. The van der Waals surface area contributed by atoms with Crippen molar-refractivity contribution in [3.05, 3.63) is 0 Å². The topological polar surface area (TPSA) is 20.3 Å². The maximum atomic E-state index is 12.1. The number of Topliss-reactive ketones (excluding diaryl/α,β-unsaturated/α-hetero) is 1. The van der Waals surface area contributed by atoms with Gasteiger partial charge in [0, 0.05) is 31.5 Å². The number of carbonyl (C=O) groups is 1. The molecule has 0 heterocycles. The summed E-state index contributed by atoms with van der Waals surface area (Å²) in [6, 6.07) is 0.839. The molecule has 3 fully saturated rings. The predicted molar refractivity (Wildman–Crippen MR) is 68.9 cm³/mol. The minimum Gasteiger partial charge on any atom is -0.299 e. The maximum absolute atomic E-state index is 12.1. The monoisotopic (exact) mass is 235 g/mol. The summed E-state index contributed by atoms with van der Waals surface area (Å²) in [4.78, 5) is 14.7. The highest BCUT2D eigenvalue weighted by atomic mass is 16.1. The van der Waals surface area contributed by atoms with Crippen LogP contribution in [-0.2, 0) is 4.79 Å². The van der Waals surface area contributed by atoms with E-state index in [4.69, 9.17) is 0 Å². The highest BCUT2D eigenvalue weighted by Crippen LogP contribution is 2.36. The van der Waals surface area contributed by atoms with E-state index >= 15 is 0 Å². The van der Waals surface area contributed by atoms with Gasteiger partial charge >= 0.3 is 0 Å². The molecule has 0 N–H and O–H groups in total.